The van der Waals surface area contributed by atoms with Crippen molar-refractivity contribution in [2.45, 2.75) is 15.3 Å². The fourth-order valence-corrected chi connectivity index (χ4v) is 3.31. The minimum atomic E-state index is -1.04. The second-order valence-corrected chi connectivity index (χ2v) is 5.93. The summed E-state index contributed by atoms with van der Waals surface area (Å²) in [5.74, 6) is -0.289. The molecule has 1 aliphatic rings. The van der Waals surface area contributed by atoms with Crippen molar-refractivity contribution in [2.24, 2.45) is 0 Å². The molecule has 92 valence electrons. The third kappa shape index (κ3) is 1.80. The number of likely N-dealkylation sites (N-methyl/N-ethyl adjacent to an activating group) is 1. The Hall–Kier alpha value is -1.44. The number of rotatable bonds is 2. The lowest BCUT2D eigenvalue weighted by Crippen LogP contribution is -2.23. The number of fused-ring (bicyclic) bond motifs is 1. The summed E-state index contributed by atoms with van der Waals surface area (Å²) in [6, 6.07) is 5.54. The van der Waals surface area contributed by atoms with E-state index in [9.17, 15) is 9.90 Å². The van der Waals surface area contributed by atoms with Gasteiger partial charge in [-0.2, -0.15) is 4.37 Å². The van der Waals surface area contributed by atoms with E-state index >= 15 is 0 Å². The minimum Gasteiger partial charge on any atom is -0.378 e. The number of aromatic nitrogens is 2. The first-order chi connectivity index (χ1) is 8.66. The van der Waals surface area contributed by atoms with Gasteiger partial charge in [-0.1, -0.05) is 17.8 Å². The summed E-state index contributed by atoms with van der Waals surface area (Å²) >= 11 is 2.81. The van der Waals surface area contributed by atoms with E-state index in [1.165, 1.54) is 34.5 Å². The lowest BCUT2D eigenvalue weighted by atomic mass is 10.1. The molecule has 1 atom stereocenters. The number of amides is 1. The van der Waals surface area contributed by atoms with Crippen molar-refractivity contribution in [1.82, 2.24) is 9.36 Å². The molecule has 1 aromatic carbocycles. The molecule has 18 heavy (non-hydrogen) atoms. The van der Waals surface area contributed by atoms with Gasteiger partial charge in [0.25, 0.3) is 5.91 Å². The second kappa shape index (κ2) is 4.34. The smallest absolute Gasteiger partial charge is 0.260 e. The molecule has 0 saturated carbocycles. The average molecular weight is 279 g/mol. The van der Waals surface area contributed by atoms with Crippen LogP contribution in [0.5, 0.6) is 0 Å². The monoisotopic (exact) mass is 279 g/mol. The maximum atomic E-state index is 11.6. The number of nitrogens with zero attached hydrogens (tertiary/aromatic N) is 3. The molecule has 1 N–H and O–H groups in total. The van der Waals surface area contributed by atoms with Crippen LogP contribution in [0.4, 0.5) is 5.69 Å². The quantitative estimate of drug-likeness (QED) is 0.906. The van der Waals surface area contributed by atoms with E-state index in [1.807, 2.05) is 12.1 Å². The molecule has 5 nitrogen and oxygen atoms in total. The van der Waals surface area contributed by atoms with Gasteiger partial charge in [0.1, 0.15) is 6.33 Å². The van der Waals surface area contributed by atoms with Crippen molar-refractivity contribution in [3.63, 3.8) is 0 Å². The second-order valence-electron chi connectivity index (χ2n) is 3.83. The first kappa shape index (κ1) is 11.6. The highest BCUT2D eigenvalue weighted by atomic mass is 32.2. The molecule has 3 rings (SSSR count). The van der Waals surface area contributed by atoms with Gasteiger partial charge in [-0.15, -0.1) is 0 Å². The van der Waals surface area contributed by atoms with Crippen LogP contribution in [0.15, 0.2) is 33.8 Å². The summed E-state index contributed by atoms with van der Waals surface area (Å²) in [4.78, 5) is 18.2. The molecule has 0 bridgehead atoms. The molecule has 2 aromatic rings. The highest BCUT2D eigenvalue weighted by molar-refractivity contribution is 8.01. The van der Waals surface area contributed by atoms with Crippen molar-refractivity contribution in [3.05, 3.63) is 30.1 Å². The molecule has 1 aliphatic heterocycles. The molecule has 1 aromatic heterocycles. The fourth-order valence-electron chi connectivity index (χ4n) is 1.85. The maximum Gasteiger partial charge on any atom is 0.260 e. The predicted octanol–water partition coefficient (Wildman–Crippen LogP) is 1.70. The van der Waals surface area contributed by atoms with Gasteiger partial charge in [-0.25, -0.2) is 4.98 Å². The van der Waals surface area contributed by atoms with Crippen LogP contribution in [-0.4, -0.2) is 27.4 Å². The van der Waals surface area contributed by atoms with Gasteiger partial charge in [0.2, 0.25) is 0 Å². The van der Waals surface area contributed by atoms with Crippen LogP contribution in [0.25, 0.3) is 0 Å². The fraction of sp³-hybridized carbons (Fsp3) is 0.182. The number of hydrogen-bond donors (Lipinski definition) is 1. The van der Waals surface area contributed by atoms with Crippen LogP contribution in [-0.2, 0) is 4.79 Å². The van der Waals surface area contributed by atoms with Crippen LogP contribution in [0.2, 0.25) is 0 Å². The molecule has 0 fully saturated rings. The molecular formula is C11H9N3O2S2. The number of benzene rings is 1. The van der Waals surface area contributed by atoms with Gasteiger partial charge in [-0.05, 0) is 23.7 Å². The Balaban J connectivity index is 1.95. The van der Waals surface area contributed by atoms with Crippen molar-refractivity contribution >= 4 is 34.9 Å². The summed E-state index contributed by atoms with van der Waals surface area (Å²) < 4.78 is 4.78. The topological polar surface area (TPSA) is 66.3 Å². The molecule has 0 radical (unpaired) electrons. The summed E-state index contributed by atoms with van der Waals surface area (Å²) in [6.07, 6.45) is 0.477. The van der Waals surface area contributed by atoms with E-state index < -0.39 is 6.10 Å². The summed E-state index contributed by atoms with van der Waals surface area (Å²) in [6.45, 7) is 0. The lowest BCUT2D eigenvalue weighted by Gasteiger charge is -2.10. The Labute approximate surface area is 112 Å². The van der Waals surface area contributed by atoms with Gasteiger partial charge >= 0.3 is 0 Å². The van der Waals surface area contributed by atoms with Gasteiger partial charge in [0.15, 0.2) is 10.4 Å². The van der Waals surface area contributed by atoms with Gasteiger partial charge < -0.3 is 10.0 Å². The van der Waals surface area contributed by atoms with Crippen LogP contribution < -0.4 is 4.90 Å². The highest BCUT2D eigenvalue weighted by Crippen LogP contribution is 2.39. The largest absolute Gasteiger partial charge is 0.378 e. The standard InChI is InChI=1S/C11H9N3O2S2/c1-14-8-4-6(17-11-12-5-13-18-11)2-3-7(8)9(15)10(14)16/h2-5,9,15H,1H3. The van der Waals surface area contributed by atoms with E-state index in [1.54, 1.807) is 13.1 Å². The number of carbonyl (C=O) groups is 1. The van der Waals surface area contributed by atoms with Crippen molar-refractivity contribution in [3.8, 4) is 0 Å². The number of carbonyl (C=O) groups excluding carboxylic acids is 1. The highest BCUT2D eigenvalue weighted by Gasteiger charge is 2.33. The number of aliphatic hydroxyl groups excluding tert-OH is 1. The molecular weight excluding hydrogens is 270 g/mol. The lowest BCUT2D eigenvalue weighted by molar-refractivity contribution is -0.125. The Morgan fingerprint density at radius 3 is 3.06 bits per heavy atom. The van der Waals surface area contributed by atoms with E-state index in [0.29, 0.717) is 5.56 Å². The first-order valence-corrected chi connectivity index (χ1v) is 6.80. The number of aliphatic hydroxyl groups is 1. The van der Waals surface area contributed by atoms with Crippen LogP contribution in [0.1, 0.15) is 11.7 Å². The molecule has 0 spiro atoms. The van der Waals surface area contributed by atoms with Crippen molar-refractivity contribution < 1.29 is 9.90 Å². The van der Waals surface area contributed by atoms with Gasteiger partial charge in [0, 0.05) is 17.5 Å². The van der Waals surface area contributed by atoms with Crippen LogP contribution >= 0.6 is 23.3 Å². The van der Waals surface area contributed by atoms with Crippen molar-refractivity contribution in [2.75, 3.05) is 11.9 Å². The minimum absolute atomic E-state index is 0.289. The number of anilines is 1. The third-order valence-electron chi connectivity index (χ3n) is 2.77. The van der Waals surface area contributed by atoms with E-state index in [4.69, 9.17) is 0 Å². The predicted molar refractivity (Wildman–Crippen MR) is 68.8 cm³/mol. The Kier molecular flexibility index (Phi) is 2.81. The van der Waals surface area contributed by atoms with Gasteiger partial charge in [0.05, 0.1) is 5.69 Å². The summed E-state index contributed by atoms with van der Waals surface area (Å²) in [5.41, 5.74) is 1.41. The zero-order valence-electron chi connectivity index (χ0n) is 9.40. The Morgan fingerprint density at radius 2 is 2.33 bits per heavy atom. The van der Waals surface area contributed by atoms with E-state index in [2.05, 4.69) is 9.36 Å². The molecule has 1 unspecified atom stereocenters. The van der Waals surface area contributed by atoms with Crippen molar-refractivity contribution in [1.29, 1.82) is 0 Å². The normalized spacial score (nSPS) is 18.2. The molecule has 2 heterocycles. The van der Waals surface area contributed by atoms with Gasteiger partial charge in [-0.3, -0.25) is 4.79 Å². The van der Waals surface area contributed by atoms with Crippen LogP contribution in [0, 0.1) is 0 Å². The van der Waals surface area contributed by atoms with Crippen LogP contribution in [0.3, 0.4) is 0 Å². The average Bonchev–Trinajstić information content (AvgIpc) is 2.95. The molecule has 0 saturated heterocycles. The summed E-state index contributed by atoms with van der Waals surface area (Å²) in [7, 11) is 1.66. The Bertz CT molecular complexity index is 600. The SMILES string of the molecule is CN1C(=O)C(O)c2ccc(Sc3ncns3)cc21. The van der Waals surface area contributed by atoms with E-state index in [0.717, 1.165) is 14.9 Å². The first-order valence-electron chi connectivity index (χ1n) is 5.21. The molecule has 1 amide bonds. The molecule has 0 aliphatic carbocycles. The molecule has 7 heteroatoms. The number of hydrogen-bond acceptors (Lipinski definition) is 6. The summed E-state index contributed by atoms with van der Waals surface area (Å²) in [5, 5.41) is 9.75. The maximum absolute atomic E-state index is 11.6. The third-order valence-corrected chi connectivity index (χ3v) is 4.47. The zero-order valence-corrected chi connectivity index (χ0v) is 11.0. The zero-order chi connectivity index (χ0) is 12.7. The Morgan fingerprint density at radius 1 is 1.50 bits per heavy atom. The van der Waals surface area contributed by atoms with E-state index in [-0.39, 0.29) is 5.91 Å².